The lowest BCUT2D eigenvalue weighted by Gasteiger charge is -2.35. The van der Waals surface area contributed by atoms with Crippen molar-refractivity contribution in [3.8, 4) is 0 Å². The quantitative estimate of drug-likeness (QED) is 0.832. The number of carbonyl (C=O) groups excluding carboxylic acids is 1. The molecule has 0 atom stereocenters. The Labute approximate surface area is 142 Å². The maximum atomic E-state index is 12.9. The number of aryl methyl sites for hydroxylation is 1. The molecule has 10 heteroatoms. The Balaban J connectivity index is 1.64. The first-order chi connectivity index (χ1) is 11.8. The van der Waals surface area contributed by atoms with Crippen molar-refractivity contribution >= 4 is 11.9 Å². The number of aromatic nitrogens is 4. The summed E-state index contributed by atoms with van der Waals surface area (Å²) in [6, 6.07) is 0.925. The number of halogens is 3. The van der Waals surface area contributed by atoms with Crippen LogP contribution in [0.4, 0.5) is 19.1 Å². The average Bonchev–Trinajstić information content (AvgIpc) is 3.06. The molecule has 0 bridgehead atoms. The number of amides is 1. The monoisotopic (exact) mass is 354 g/mol. The predicted molar refractivity (Wildman–Crippen MR) is 82.8 cm³/mol. The molecule has 1 fully saturated rings. The number of rotatable bonds is 3. The van der Waals surface area contributed by atoms with Crippen LogP contribution in [0.5, 0.6) is 0 Å². The second kappa shape index (κ2) is 6.69. The molecule has 1 amide bonds. The minimum atomic E-state index is -4.51. The third-order valence-corrected chi connectivity index (χ3v) is 3.93. The van der Waals surface area contributed by atoms with Gasteiger partial charge in [0.2, 0.25) is 11.9 Å². The normalized spacial score (nSPS) is 15.5. The molecular formula is C15H17F3N6O. The highest BCUT2D eigenvalue weighted by Gasteiger charge is 2.34. The molecule has 0 aliphatic carbocycles. The summed E-state index contributed by atoms with van der Waals surface area (Å²) >= 11 is 0. The van der Waals surface area contributed by atoms with Crippen molar-refractivity contribution in [1.82, 2.24) is 24.4 Å². The minimum absolute atomic E-state index is 0.0500. The van der Waals surface area contributed by atoms with E-state index in [0.29, 0.717) is 26.2 Å². The van der Waals surface area contributed by atoms with E-state index in [2.05, 4.69) is 15.0 Å². The first kappa shape index (κ1) is 17.2. The fourth-order valence-electron chi connectivity index (χ4n) is 2.63. The molecule has 3 heterocycles. The molecule has 7 nitrogen and oxygen atoms in total. The Morgan fingerprint density at radius 1 is 1.20 bits per heavy atom. The van der Waals surface area contributed by atoms with Crippen molar-refractivity contribution in [2.75, 3.05) is 31.1 Å². The van der Waals surface area contributed by atoms with Crippen LogP contribution >= 0.6 is 0 Å². The molecule has 0 aromatic carbocycles. The van der Waals surface area contributed by atoms with Gasteiger partial charge in [-0.3, -0.25) is 4.79 Å². The van der Waals surface area contributed by atoms with Crippen LogP contribution in [0.1, 0.15) is 11.4 Å². The van der Waals surface area contributed by atoms with Crippen LogP contribution in [0.2, 0.25) is 0 Å². The molecule has 0 N–H and O–H groups in total. The van der Waals surface area contributed by atoms with Gasteiger partial charge in [-0.1, -0.05) is 0 Å². The third kappa shape index (κ3) is 4.06. The third-order valence-electron chi connectivity index (χ3n) is 3.93. The number of piperazine rings is 1. The topological polar surface area (TPSA) is 67.2 Å². The van der Waals surface area contributed by atoms with Gasteiger partial charge in [0.25, 0.3) is 0 Å². The van der Waals surface area contributed by atoms with E-state index in [1.165, 1.54) is 6.92 Å². The lowest BCUT2D eigenvalue weighted by Crippen LogP contribution is -2.50. The van der Waals surface area contributed by atoms with Gasteiger partial charge in [0.1, 0.15) is 12.2 Å². The van der Waals surface area contributed by atoms with Crippen molar-refractivity contribution in [3.63, 3.8) is 0 Å². The Morgan fingerprint density at radius 2 is 1.92 bits per heavy atom. The van der Waals surface area contributed by atoms with E-state index in [0.717, 1.165) is 6.07 Å². The first-order valence-corrected chi connectivity index (χ1v) is 7.74. The van der Waals surface area contributed by atoms with Crippen LogP contribution in [-0.2, 0) is 17.5 Å². The van der Waals surface area contributed by atoms with Gasteiger partial charge in [-0.2, -0.15) is 13.2 Å². The summed E-state index contributed by atoms with van der Waals surface area (Å²) in [6.07, 6.45) is 0.352. The highest BCUT2D eigenvalue weighted by Crippen LogP contribution is 2.29. The Morgan fingerprint density at radius 3 is 2.52 bits per heavy atom. The van der Waals surface area contributed by atoms with E-state index < -0.39 is 11.9 Å². The van der Waals surface area contributed by atoms with Crippen molar-refractivity contribution in [2.24, 2.45) is 0 Å². The predicted octanol–water partition coefficient (Wildman–Crippen LogP) is 1.35. The van der Waals surface area contributed by atoms with Gasteiger partial charge in [0.15, 0.2) is 0 Å². The van der Waals surface area contributed by atoms with Gasteiger partial charge in [0.05, 0.1) is 6.33 Å². The van der Waals surface area contributed by atoms with Crippen LogP contribution < -0.4 is 4.90 Å². The van der Waals surface area contributed by atoms with E-state index in [4.69, 9.17) is 0 Å². The maximum Gasteiger partial charge on any atom is 0.433 e. The summed E-state index contributed by atoms with van der Waals surface area (Å²) in [7, 11) is 0. The summed E-state index contributed by atoms with van der Waals surface area (Å²) in [5.74, 6) is -0.00664. The lowest BCUT2D eigenvalue weighted by atomic mass is 10.3. The standard InChI is InChI=1S/C15H17F3N6O/c1-11-8-12(15(16,17)18)21-14(20-11)24-6-4-23(5-7-24)13(25)9-22-3-2-19-10-22/h2-3,8,10H,4-7,9H2,1H3. The van der Waals surface area contributed by atoms with E-state index in [9.17, 15) is 18.0 Å². The first-order valence-electron chi connectivity index (χ1n) is 7.74. The molecule has 1 aliphatic heterocycles. The second-order valence-corrected chi connectivity index (χ2v) is 5.80. The molecular weight excluding hydrogens is 337 g/mol. The Hall–Kier alpha value is -2.65. The molecule has 0 unspecified atom stereocenters. The van der Waals surface area contributed by atoms with Gasteiger partial charge in [0, 0.05) is 44.3 Å². The lowest BCUT2D eigenvalue weighted by molar-refractivity contribution is -0.141. The maximum absolute atomic E-state index is 12.9. The summed E-state index contributed by atoms with van der Waals surface area (Å²) < 4.78 is 40.4. The number of hydrogen-bond donors (Lipinski definition) is 0. The molecule has 1 saturated heterocycles. The van der Waals surface area contributed by atoms with Crippen molar-refractivity contribution in [3.05, 3.63) is 36.2 Å². The van der Waals surface area contributed by atoms with Crippen LogP contribution in [0.3, 0.4) is 0 Å². The van der Waals surface area contributed by atoms with Crippen LogP contribution in [-0.4, -0.2) is 56.5 Å². The minimum Gasteiger partial charge on any atom is -0.338 e. The molecule has 0 saturated carbocycles. The number of anilines is 1. The zero-order valence-corrected chi connectivity index (χ0v) is 13.6. The van der Waals surface area contributed by atoms with Gasteiger partial charge in [-0.15, -0.1) is 0 Å². The highest BCUT2D eigenvalue weighted by atomic mass is 19.4. The fourth-order valence-corrected chi connectivity index (χ4v) is 2.63. The number of alkyl halides is 3. The van der Waals surface area contributed by atoms with Crippen molar-refractivity contribution < 1.29 is 18.0 Å². The molecule has 134 valence electrons. The number of carbonyl (C=O) groups is 1. The molecule has 0 radical (unpaired) electrons. The summed E-state index contributed by atoms with van der Waals surface area (Å²) in [6.45, 7) is 3.29. The zero-order valence-electron chi connectivity index (χ0n) is 13.6. The molecule has 1 aliphatic rings. The van der Waals surface area contributed by atoms with Gasteiger partial charge < -0.3 is 14.4 Å². The van der Waals surface area contributed by atoms with Crippen LogP contribution in [0.25, 0.3) is 0 Å². The van der Waals surface area contributed by atoms with Gasteiger partial charge in [-0.25, -0.2) is 15.0 Å². The van der Waals surface area contributed by atoms with Gasteiger partial charge >= 0.3 is 6.18 Å². The highest BCUT2D eigenvalue weighted by molar-refractivity contribution is 5.76. The number of imidazole rings is 1. The van der Waals surface area contributed by atoms with Crippen molar-refractivity contribution in [2.45, 2.75) is 19.6 Å². The second-order valence-electron chi connectivity index (χ2n) is 5.80. The smallest absolute Gasteiger partial charge is 0.338 e. The number of nitrogens with zero attached hydrogens (tertiary/aromatic N) is 6. The summed E-state index contributed by atoms with van der Waals surface area (Å²) in [5.41, 5.74) is -0.690. The average molecular weight is 354 g/mol. The fraction of sp³-hybridized carbons (Fsp3) is 0.467. The summed E-state index contributed by atoms with van der Waals surface area (Å²) in [5, 5.41) is 0. The molecule has 3 rings (SSSR count). The Bertz CT molecular complexity index is 738. The van der Waals surface area contributed by atoms with E-state index >= 15 is 0 Å². The van der Waals surface area contributed by atoms with E-state index in [1.54, 1.807) is 33.1 Å². The molecule has 25 heavy (non-hydrogen) atoms. The zero-order chi connectivity index (χ0) is 18.0. The van der Waals surface area contributed by atoms with Crippen LogP contribution in [0, 0.1) is 6.92 Å². The molecule has 0 spiro atoms. The van der Waals surface area contributed by atoms with E-state index in [-0.39, 0.29) is 24.1 Å². The van der Waals surface area contributed by atoms with Gasteiger partial charge in [-0.05, 0) is 13.0 Å². The summed E-state index contributed by atoms with van der Waals surface area (Å²) in [4.78, 5) is 27.2. The van der Waals surface area contributed by atoms with Crippen LogP contribution in [0.15, 0.2) is 24.8 Å². The SMILES string of the molecule is Cc1cc(C(F)(F)F)nc(N2CCN(C(=O)Cn3ccnc3)CC2)n1. The van der Waals surface area contributed by atoms with E-state index in [1.807, 2.05) is 0 Å². The number of hydrogen-bond acceptors (Lipinski definition) is 5. The largest absolute Gasteiger partial charge is 0.433 e. The molecule has 2 aromatic heterocycles. The molecule has 2 aromatic rings. The van der Waals surface area contributed by atoms with Crippen molar-refractivity contribution in [1.29, 1.82) is 0 Å². The Kier molecular flexibility index (Phi) is 4.60.